The van der Waals surface area contributed by atoms with Crippen LogP contribution >= 0.6 is 0 Å². The van der Waals surface area contributed by atoms with Crippen molar-refractivity contribution >= 4 is 22.7 Å². The maximum absolute atomic E-state index is 9.13. The molecule has 1 unspecified atom stereocenters. The van der Waals surface area contributed by atoms with Crippen molar-refractivity contribution in [3.63, 3.8) is 0 Å². The number of hydrogen-bond acceptors (Lipinski definition) is 5. The third-order valence-electron chi connectivity index (χ3n) is 3.79. The molecule has 1 atom stereocenters. The fourth-order valence-electron chi connectivity index (χ4n) is 2.62. The van der Waals surface area contributed by atoms with E-state index in [0.29, 0.717) is 18.2 Å². The average Bonchev–Trinajstić information content (AvgIpc) is 2.59. The number of aromatic nitrogens is 2. The molecular formula is C18H20N4O. The number of fused-ring (bicyclic) bond motifs is 1. The highest BCUT2D eigenvalue weighted by Crippen LogP contribution is 2.25. The Morgan fingerprint density at radius 3 is 2.52 bits per heavy atom. The Balaban J connectivity index is 1.90. The minimum atomic E-state index is 0.0314. The molecule has 118 valence electrons. The summed E-state index contributed by atoms with van der Waals surface area (Å²) in [5.74, 6) is 0.972. The highest BCUT2D eigenvalue weighted by Gasteiger charge is 2.13. The summed E-state index contributed by atoms with van der Waals surface area (Å²) in [6.07, 6.45) is 1.49. The van der Waals surface area contributed by atoms with Gasteiger partial charge in [-0.05, 0) is 30.5 Å². The molecule has 3 aromatic rings. The van der Waals surface area contributed by atoms with Crippen molar-refractivity contribution in [1.82, 2.24) is 9.97 Å². The third-order valence-corrected chi connectivity index (χ3v) is 3.79. The van der Waals surface area contributed by atoms with Crippen molar-refractivity contribution in [3.05, 3.63) is 60.2 Å². The Morgan fingerprint density at radius 1 is 1.00 bits per heavy atom. The molecule has 4 N–H and O–H groups in total. The van der Waals surface area contributed by atoms with Gasteiger partial charge in [-0.15, -0.1) is 0 Å². The van der Waals surface area contributed by atoms with Crippen LogP contribution in [0.5, 0.6) is 0 Å². The molecular weight excluding hydrogens is 288 g/mol. The summed E-state index contributed by atoms with van der Waals surface area (Å²) in [6, 6.07) is 17.8. The normalized spacial score (nSPS) is 12.2. The number of nitrogens with two attached hydrogens (primary N) is 1. The number of para-hydroxylation sites is 1. The molecule has 5 nitrogen and oxygen atoms in total. The van der Waals surface area contributed by atoms with Gasteiger partial charge in [-0.25, -0.2) is 4.98 Å². The molecule has 1 aromatic heterocycles. The minimum absolute atomic E-state index is 0.0314. The fraction of sp³-hybridized carbons (Fsp3) is 0.222. The van der Waals surface area contributed by atoms with Gasteiger partial charge in [-0.3, -0.25) is 0 Å². The largest absolute Gasteiger partial charge is 0.396 e. The average molecular weight is 308 g/mol. The standard InChI is InChI=1S/C18H20N4O/c19-17-14-9-4-5-10-16(14)21-18(22-17)20-15(11-6-12-23)13-7-2-1-3-8-13/h1-5,7-10,15,23H,6,11-12H2,(H3,19,20,21,22). The predicted molar refractivity (Wildman–Crippen MR) is 93.1 cm³/mol. The number of nitrogen functional groups attached to an aromatic ring is 1. The van der Waals surface area contributed by atoms with E-state index < -0.39 is 0 Å². The monoisotopic (exact) mass is 308 g/mol. The van der Waals surface area contributed by atoms with Crippen LogP contribution in [-0.4, -0.2) is 21.7 Å². The van der Waals surface area contributed by atoms with Crippen molar-refractivity contribution in [1.29, 1.82) is 0 Å². The summed E-state index contributed by atoms with van der Waals surface area (Å²) in [5, 5.41) is 13.3. The SMILES string of the molecule is Nc1nc(NC(CCCO)c2ccccc2)nc2ccccc12. The minimum Gasteiger partial charge on any atom is -0.396 e. The highest BCUT2D eigenvalue weighted by atomic mass is 16.2. The molecule has 23 heavy (non-hydrogen) atoms. The van der Waals surface area contributed by atoms with Crippen LogP contribution in [0.2, 0.25) is 0 Å². The molecule has 3 rings (SSSR count). The molecule has 0 saturated carbocycles. The van der Waals surface area contributed by atoms with E-state index in [-0.39, 0.29) is 12.6 Å². The maximum atomic E-state index is 9.13. The van der Waals surface area contributed by atoms with Crippen molar-refractivity contribution in [2.75, 3.05) is 17.7 Å². The van der Waals surface area contributed by atoms with Gasteiger partial charge in [0.05, 0.1) is 11.6 Å². The van der Waals surface area contributed by atoms with Crippen LogP contribution < -0.4 is 11.1 Å². The van der Waals surface area contributed by atoms with Crippen molar-refractivity contribution < 1.29 is 5.11 Å². The molecule has 0 aliphatic heterocycles. The van der Waals surface area contributed by atoms with E-state index in [1.807, 2.05) is 42.5 Å². The quantitative estimate of drug-likeness (QED) is 0.651. The predicted octanol–water partition coefficient (Wildman–Crippen LogP) is 3.14. The third kappa shape index (κ3) is 3.57. The van der Waals surface area contributed by atoms with E-state index in [1.165, 1.54) is 0 Å². The van der Waals surface area contributed by atoms with Gasteiger partial charge in [0.15, 0.2) is 0 Å². The Labute approximate surface area is 135 Å². The molecule has 0 aliphatic carbocycles. The lowest BCUT2D eigenvalue weighted by Gasteiger charge is -2.19. The van der Waals surface area contributed by atoms with Crippen molar-refractivity contribution in [3.8, 4) is 0 Å². The van der Waals surface area contributed by atoms with Crippen LogP contribution in [0, 0.1) is 0 Å². The highest BCUT2D eigenvalue weighted by molar-refractivity contribution is 5.88. The summed E-state index contributed by atoms with van der Waals surface area (Å²) >= 11 is 0. The van der Waals surface area contributed by atoms with Gasteiger partial charge < -0.3 is 16.2 Å². The van der Waals surface area contributed by atoms with Crippen LogP contribution in [0.4, 0.5) is 11.8 Å². The second kappa shape index (κ2) is 7.07. The summed E-state index contributed by atoms with van der Waals surface area (Å²) in [4.78, 5) is 8.91. The van der Waals surface area contributed by atoms with Crippen molar-refractivity contribution in [2.45, 2.75) is 18.9 Å². The van der Waals surface area contributed by atoms with Crippen molar-refractivity contribution in [2.24, 2.45) is 0 Å². The van der Waals surface area contributed by atoms with Crippen LogP contribution in [0.25, 0.3) is 10.9 Å². The van der Waals surface area contributed by atoms with Gasteiger partial charge in [0.2, 0.25) is 5.95 Å². The van der Waals surface area contributed by atoms with Gasteiger partial charge in [-0.2, -0.15) is 4.98 Å². The lowest BCUT2D eigenvalue weighted by Crippen LogP contribution is -2.14. The van der Waals surface area contributed by atoms with Gasteiger partial charge in [-0.1, -0.05) is 42.5 Å². The van der Waals surface area contributed by atoms with Crippen LogP contribution in [0.1, 0.15) is 24.4 Å². The van der Waals surface area contributed by atoms with Gasteiger partial charge >= 0.3 is 0 Å². The van der Waals surface area contributed by atoms with Crippen LogP contribution in [0.3, 0.4) is 0 Å². The molecule has 0 radical (unpaired) electrons. The number of aliphatic hydroxyl groups is 1. The first-order chi connectivity index (χ1) is 11.3. The number of hydrogen-bond donors (Lipinski definition) is 3. The number of nitrogens with zero attached hydrogens (tertiary/aromatic N) is 2. The Hall–Kier alpha value is -2.66. The molecule has 0 saturated heterocycles. The molecule has 5 heteroatoms. The Morgan fingerprint density at radius 2 is 1.74 bits per heavy atom. The summed E-state index contributed by atoms with van der Waals surface area (Å²) in [7, 11) is 0. The number of anilines is 2. The first-order valence-electron chi connectivity index (χ1n) is 7.72. The van der Waals surface area contributed by atoms with E-state index in [1.54, 1.807) is 0 Å². The van der Waals surface area contributed by atoms with E-state index in [2.05, 4.69) is 27.4 Å². The van der Waals surface area contributed by atoms with Gasteiger partial charge in [0.1, 0.15) is 5.82 Å². The summed E-state index contributed by atoms with van der Waals surface area (Å²) < 4.78 is 0. The number of aliphatic hydroxyl groups excluding tert-OH is 1. The number of nitrogens with one attached hydrogen (secondary N) is 1. The number of rotatable bonds is 6. The maximum Gasteiger partial charge on any atom is 0.225 e. The molecule has 1 heterocycles. The summed E-state index contributed by atoms with van der Waals surface area (Å²) in [5.41, 5.74) is 7.99. The first-order valence-corrected chi connectivity index (χ1v) is 7.72. The van der Waals surface area contributed by atoms with Gasteiger partial charge in [0.25, 0.3) is 0 Å². The Kier molecular flexibility index (Phi) is 4.68. The van der Waals surface area contributed by atoms with Crippen LogP contribution in [0.15, 0.2) is 54.6 Å². The van der Waals surface area contributed by atoms with E-state index in [0.717, 1.165) is 22.9 Å². The number of benzene rings is 2. The van der Waals surface area contributed by atoms with Crippen LogP contribution in [-0.2, 0) is 0 Å². The zero-order valence-electron chi connectivity index (χ0n) is 12.8. The van der Waals surface area contributed by atoms with E-state index in [9.17, 15) is 0 Å². The molecule has 0 spiro atoms. The molecule has 0 bridgehead atoms. The molecule has 0 fully saturated rings. The second-order valence-corrected chi connectivity index (χ2v) is 5.42. The Bertz CT molecular complexity index is 776. The topological polar surface area (TPSA) is 84.1 Å². The van der Waals surface area contributed by atoms with E-state index in [4.69, 9.17) is 10.8 Å². The van der Waals surface area contributed by atoms with E-state index >= 15 is 0 Å². The smallest absolute Gasteiger partial charge is 0.225 e. The van der Waals surface area contributed by atoms with Gasteiger partial charge in [0, 0.05) is 12.0 Å². The molecule has 2 aromatic carbocycles. The zero-order chi connectivity index (χ0) is 16.1. The molecule has 0 aliphatic rings. The summed E-state index contributed by atoms with van der Waals surface area (Å²) in [6.45, 7) is 0.158. The second-order valence-electron chi connectivity index (χ2n) is 5.42. The fourth-order valence-corrected chi connectivity index (χ4v) is 2.62. The zero-order valence-corrected chi connectivity index (χ0v) is 12.8. The lowest BCUT2D eigenvalue weighted by atomic mass is 10.0. The first kappa shape index (κ1) is 15.2. The molecule has 0 amide bonds. The lowest BCUT2D eigenvalue weighted by molar-refractivity contribution is 0.281.